The van der Waals surface area contributed by atoms with Gasteiger partial charge < -0.3 is 5.11 Å². The fraction of sp³-hybridized carbons (Fsp3) is 0.125. The standard InChI is InChI=1S/C8H7IN2O/c9-6-3-1-2-5-7(4-12)10-11-8(5)6/h1-3,12H,4H2,(H,10,11). The van der Waals surface area contributed by atoms with Crippen molar-refractivity contribution in [1.82, 2.24) is 10.2 Å². The number of aromatic nitrogens is 2. The summed E-state index contributed by atoms with van der Waals surface area (Å²) in [7, 11) is 0. The van der Waals surface area contributed by atoms with Crippen molar-refractivity contribution >= 4 is 33.5 Å². The number of hydrogen-bond donors (Lipinski definition) is 2. The van der Waals surface area contributed by atoms with Crippen molar-refractivity contribution < 1.29 is 5.11 Å². The number of fused-ring (bicyclic) bond motifs is 1. The van der Waals surface area contributed by atoms with Crippen LogP contribution in [0.1, 0.15) is 5.69 Å². The Balaban J connectivity index is 2.80. The molecule has 0 bridgehead atoms. The highest BCUT2D eigenvalue weighted by molar-refractivity contribution is 14.1. The van der Waals surface area contributed by atoms with Gasteiger partial charge >= 0.3 is 0 Å². The number of halogens is 1. The van der Waals surface area contributed by atoms with E-state index >= 15 is 0 Å². The average molecular weight is 274 g/mol. The molecule has 0 aliphatic rings. The van der Waals surface area contributed by atoms with Crippen molar-refractivity contribution in [2.45, 2.75) is 6.61 Å². The number of H-pyrrole nitrogens is 1. The zero-order chi connectivity index (χ0) is 8.55. The maximum absolute atomic E-state index is 8.94. The summed E-state index contributed by atoms with van der Waals surface area (Å²) < 4.78 is 1.10. The van der Waals surface area contributed by atoms with Gasteiger partial charge in [-0.15, -0.1) is 0 Å². The van der Waals surface area contributed by atoms with E-state index in [-0.39, 0.29) is 6.61 Å². The summed E-state index contributed by atoms with van der Waals surface area (Å²) in [5.41, 5.74) is 1.71. The van der Waals surface area contributed by atoms with Gasteiger partial charge in [0.2, 0.25) is 0 Å². The fourth-order valence-electron chi connectivity index (χ4n) is 1.18. The number of hydrogen-bond acceptors (Lipinski definition) is 2. The Bertz CT molecular complexity index is 410. The van der Waals surface area contributed by atoms with Crippen LogP contribution >= 0.6 is 22.6 Å². The first-order chi connectivity index (χ1) is 5.83. The molecule has 0 aliphatic heterocycles. The maximum Gasteiger partial charge on any atom is 0.106 e. The summed E-state index contributed by atoms with van der Waals surface area (Å²) in [5, 5.41) is 16.8. The third-order valence-electron chi connectivity index (χ3n) is 1.77. The summed E-state index contributed by atoms with van der Waals surface area (Å²) in [5.74, 6) is 0. The van der Waals surface area contributed by atoms with Crippen LogP contribution in [0.15, 0.2) is 18.2 Å². The van der Waals surface area contributed by atoms with Gasteiger partial charge in [-0.2, -0.15) is 5.10 Å². The third-order valence-corrected chi connectivity index (χ3v) is 2.64. The summed E-state index contributed by atoms with van der Waals surface area (Å²) >= 11 is 2.22. The molecule has 2 rings (SSSR count). The number of aromatic amines is 1. The van der Waals surface area contributed by atoms with E-state index in [9.17, 15) is 0 Å². The monoisotopic (exact) mass is 274 g/mol. The van der Waals surface area contributed by atoms with Gasteiger partial charge in [0.1, 0.15) is 5.52 Å². The molecule has 62 valence electrons. The SMILES string of the molecule is OCc1[nH]nc2c(I)cccc12. The molecule has 0 unspecified atom stereocenters. The largest absolute Gasteiger partial charge is 0.390 e. The predicted octanol–water partition coefficient (Wildman–Crippen LogP) is 1.66. The molecule has 0 saturated carbocycles. The maximum atomic E-state index is 8.94. The Morgan fingerprint density at radius 2 is 2.33 bits per heavy atom. The summed E-state index contributed by atoms with van der Waals surface area (Å²) in [6, 6.07) is 5.90. The van der Waals surface area contributed by atoms with Crippen LogP contribution in [0.5, 0.6) is 0 Å². The van der Waals surface area contributed by atoms with E-state index in [0.29, 0.717) is 0 Å². The summed E-state index contributed by atoms with van der Waals surface area (Å²) in [6.45, 7) is 0.0105. The average Bonchev–Trinajstić information content (AvgIpc) is 2.49. The van der Waals surface area contributed by atoms with Crippen LogP contribution < -0.4 is 0 Å². The zero-order valence-corrected chi connectivity index (χ0v) is 8.37. The molecule has 0 aliphatic carbocycles. The second-order valence-corrected chi connectivity index (χ2v) is 3.66. The minimum Gasteiger partial charge on any atom is -0.390 e. The molecule has 12 heavy (non-hydrogen) atoms. The van der Waals surface area contributed by atoms with E-state index < -0.39 is 0 Å². The molecule has 4 heteroatoms. The van der Waals surface area contributed by atoms with Gasteiger partial charge in [0.05, 0.1) is 12.3 Å². The molecule has 0 saturated heterocycles. The third kappa shape index (κ3) is 1.11. The minimum atomic E-state index is 0.0105. The van der Waals surface area contributed by atoms with Gasteiger partial charge in [0.15, 0.2) is 0 Å². The lowest BCUT2D eigenvalue weighted by atomic mass is 10.2. The van der Waals surface area contributed by atoms with Crippen LogP contribution in [0.3, 0.4) is 0 Å². The lowest BCUT2D eigenvalue weighted by Crippen LogP contribution is -1.82. The second-order valence-electron chi connectivity index (χ2n) is 2.50. The summed E-state index contributed by atoms with van der Waals surface area (Å²) in [6.07, 6.45) is 0. The van der Waals surface area contributed by atoms with E-state index in [2.05, 4.69) is 32.8 Å². The number of benzene rings is 1. The smallest absolute Gasteiger partial charge is 0.106 e. The predicted molar refractivity (Wildman–Crippen MR) is 54.7 cm³/mol. The van der Waals surface area contributed by atoms with Crippen molar-refractivity contribution in [1.29, 1.82) is 0 Å². The molecular weight excluding hydrogens is 267 g/mol. The van der Waals surface area contributed by atoms with E-state index in [1.807, 2.05) is 18.2 Å². The Morgan fingerprint density at radius 1 is 1.50 bits per heavy atom. The van der Waals surface area contributed by atoms with Gasteiger partial charge in [-0.1, -0.05) is 12.1 Å². The molecule has 0 spiro atoms. The molecule has 1 heterocycles. The molecule has 3 nitrogen and oxygen atoms in total. The number of nitrogens with one attached hydrogen (secondary N) is 1. The van der Waals surface area contributed by atoms with Crippen LogP contribution in [0.4, 0.5) is 0 Å². The topological polar surface area (TPSA) is 48.9 Å². The summed E-state index contributed by atoms with van der Waals surface area (Å²) in [4.78, 5) is 0. The number of rotatable bonds is 1. The Morgan fingerprint density at radius 3 is 3.08 bits per heavy atom. The van der Waals surface area contributed by atoms with Gasteiger partial charge in [-0.3, -0.25) is 5.10 Å². The van der Waals surface area contributed by atoms with Crippen molar-refractivity contribution in [3.05, 3.63) is 27.5 Å². The second kappa shape index (κ2) is 3.02. The van der Waals surface area contributed by atoms with Gasteiger partial charge in [-0.25, -0.2) is 0 Å². The molecule has 0 fully saturated rings. The highest BCUT2D eigenvalue weighted by Gasteiger charge is 2.05. The first kappa shape index (κ1) is 8.00. The van der Waals surface area contributed by atoms with Gasteiger partial charge in [0, 0.05) is 8.96 Å². The van der Waals surface area contributed by atoms with Crippen LogP contribution in [0.25, 0.3) is 10.9 Å². The Kier molecular flexibility index (Phi) is 2.02. The number of aliphatic hydroxyl groups excluding tert-OH is 1. The van der Waals surface area contributed by atoms with Crippen molar-refractivity contribution in [3.8, 4) is 0 Å². The van der Waals surface area contributed by atoms with Crippen molar-refractivity contribution in [2.75, 3.05) is 0 Å². The molecule has 2 aromatic rings. The molecule has 1 aromatic heterocycles. The normalized spacial score (nSPS) is 10.8. The van der Waals surface area contributed by atoms with Gasteiger partial charge in [-0.05, 0) is 28.7 Å². The van der Waals surface area contributed by atoms with Crippen LogP contribution in [0, 0.1) is 3.57 Å². The lowest BCUT2D eigenvalue weighted by Gasteiger charge is -1.92. The lowest BCUT2D eigenvalue weighted by molar-refractivity contribution is 0.278. The van der Waals surface area contributed by atoms with E-state index in [4.69, 9.17) is 5.11 Å². The molecule has 0 atom stereocenters. The zero-order valence-electron chi connectivity index (χ0n) is 6.21. The molecule has 0 amide bonds. The molecule has 0 radical (unpaired) electrons. The van der Waals surface area contributed by atoms with E-state index in [1.165, 1.54) is 0 Å². The highest BCUT2D eigenvalue weighted by atomic mass is 127. The van der Waals surface area contributed by atoms with Crippen molar-refractivity contribution in [2.24, 2.45) is 0 Å². The fourth-order valence-corrected chi connectivity index (χ4v) is 1.80. The molecule has 1 aromatic carbocycles. The first-order valence-corrected chi connectivity index (χ1v) is 4.63. The first-order valence-electron chi connectivity index (χ1n) is 3.55. The number of aliphatic hydroxyl groups is 1. The number of para-hydroxylation sites is 1. The minimum absolute atomic E-state index is 0.0105. The highest BCUT2D eigenvalue weighted by Crippen LogP contribution is 2.20. The Hall–Kier alpha value is -0.620. The van der Waals surface area contributed by atoms with Crippen LogP contribution in [0.2, 0.25) is 0 Å². The Labute approximate surface area is 82.9 Å². The quantitative estimate of drug-likeness (QED) is 0.777. The van der Waals surface area contributed by atoms with Crippen LogP contribution in [-0.2, 0) is 6.61 Å². The molecular formula is C8H7IN2O. The van der Waals surface area contributed by atoms with Gasteiger partial charge in [0.25, 0.3) is 0 Å². The van der Waals surface area contributed by atoms with E-state index in [0.717, 1.165) is 20.2 Å². The van der Waals surface area contributed by atoms with Crippen LogP contribution in [-0.4, -0.2) is 15.3 Å². The van der Waals surface area contributed by atoms with E-state index in [1.54, 1.807) is 0 Å². The molecule has 2 N–H and O–H groups in total. The number of nitrogens with zero attached hydrogens (tertiary/aromatic N) is 1. The van der Waals surface area contributed by atoms with Crippen molar-refractivity contribution in [3.63, 3.8) is 0 Å².